The quantitative estimate of drug-likeness (QED) is 0.0452. The van der Waals surface area contributed by atoms with Crippen molar-refractivity contribution in [1.82, 2.24) is 10.6 Å². The Balaban J connectivity index is 1.55. The minimum atomic E-state index is -3.10. The molecule has 5 saturated heterocycles. The summed E-state index contributed by atoms with van der Waals surface area (Å²) in [4.78, 5) is 37.4. The summed E-state index contributed by atoms with van der Waals surface area (Å²) in [5.41, 5.74) is 0. The van der Waals surface area contributed by atoms with Crippen molar-refractivity contribution in [3.8, 4) is 0 Å². The number of carboxylic acid groups (broad SMARTS) is 1. The van der Waals surface area contributed by atoms with E-state index in [-0.39, 0.29) is 0 Å². The molecule has 77 heavy (non-hydrogen) atoms. The molecular weight excluding hydrogens is 1060 g/mol. The largest absolute Gasteiger partial charge is 0.477 e. The molecule has 0 bridgehead atoms. The molecule has 0 radical (unpaired) electrons. The SMILES string of the molecule is CC(=O)N[C@H]1[C@H]([C@H](O)[C@H](O)CO)O[C@@](OC[C@@H](O)[C@H](O)[C@H](O[C@@H]2O[C@H](CO)[C@H](O)[C@H](O[C@@H]3O[C@H](CO)[C@H](O)[C@H](O)[C@H]3O[C@H]3O[C@H](C)[C@H](O)[C@H](O)[C@H]3O)[C@H]2O[C@H]2O[C@H](C)[C@H](O)[C@H](O)[C@H]2O)[C@H](CO)NC(C)=O)(C(=O)O)C[C@@H]1O. The van der Waals surface area contributed by atoms with E-state index < -0.39 is 241 Å². The molecule has 0 aromatic rings. The van der Waals surface area contributed by atoms with Gasteiger partial charge in [-0.3, -0.25) is 9.59 Å². The van der Waals surface area contributed by atoms with Gasteiger partial charge in [-0.05, 0) is 13.8 Å². The third kappa shape index (κ3) is 14.7. The molecule has 5 heterocycles. The van der Waals surface area contributed by atoms with Gasteiger partial charge in [0.05, 0.1) is 63.4 Å². The second kappa shape index (κ2) is 27.8. The van der Waals surface area contributed by atoms with Crippen molar-refractivity contribution in [2.45, 2.75) is 218 Å². The smallest absolute Gasteiger partial charge is 0.364 e. The fourth-order valence-corrected chi connectivity index (χ4v) is 9.35. The number of carbonyl (C=O) groups excluding carboxylic acids is 2. The third-order valence-electron chi connectivity index (χ3n) is 13.8. The van der Waals surface area contributed by atoms with Gasteiger partial charge in [-0.2, -0.15) is 0 Å². The van der Waals surface area contributed by atoms with E-state index in [2.05, 4.69) is 10.6 Å². The van der Waals surface area contributed by atoms with Crippen LogP contribution in [0.3, 0.4) is 0 Å². The van der Waals surface area contributed by atoms with Crippen LogP contribution >= 0.6 is 0 Å². The summed E-state index contributed by atoms with van der Waals surface area (Å²) in [7, 11) is 0. The Bertz CT molecular complexity index is 1880. The fourth-order valence-electron chi connectivity index (χ4n) is 9.35. The van der Waals surface area contributed by atoms with Gasteiger partial charge in [-0.15, -0.1) is 0 Å². The van der Waals surface area contributed by atoms with Crippen LogP contribution in [0.25, 0.3) is 0 Å². The first-order valence-electron chi connectivity index (χ1n) is 24.4. The highest BCUT2D eigenvalue weighted by Crippen LogP contribution is 2.38. The summed E-state index contributed by atoms with van der Waals surface area (Å²) in [6.07, 6.45) is -56.0. The van der Waals surface area contributed by atoms with E-state index in [1.165, 1.54) is 13.8 Å². The molecule has 0 spiro atoms. The number of hydrogen-bond donors (Lipinski definition) is 21. The Hall–Kier alpha value is -2.71. The lowest BCUT2D eigenvalue weighted by Gasteiger charge is -2.50. The van der Waals surface area contributed by atoms with Crippen LogP contribution in [-0.4, -0.2) is 331 Å². The Morgan fingerprint density at radius 2 is 1.12 bits per heavy atom. The predicted molar refractivity (Wildman–Crippen MR) is 239 cm³/mol. The van der Waals surface area contributed by atoms with E-state index in [4.69, 9.17) is 47.4 Å². The van der Waals surface area contributed by atoms with Gasteiger partial charge in [0.1, 0.15) is 122 Å². The highest BCUT2D eigenvalue weighted by molar-refractivity contribution is 5.76. The molecule has 5 fully saturated rings. The van der Waals surface area contributed by atoms with Crippen LogP contribution in [0, 0.1) is 0 Å². The van der Waals surface area contributed by atoms with E-state index in [0.29, 0.717) is 0 Å². The van der Waals surface area contributed by atoms with Crippen LogP contribution in [0.4, 0.5) is 0 Å². The Morgan fingerprint density at radius 1 is 0.597 bits per heavy atom. The Kier molecular flexibility index (Phi) is 23.5. The monoisotopic (exact) mass is 1130 g/mol. The second-order valence-corrected chi connectivity index (χ2v) is 19.4. The van der Waals surface area contributed by atoms with E-state index in [0.717, 1.165) is 13.8 Å². The molecule has 34 heteroatoms. The second-order valence-electron chi connectivity index (χ2n) is 19.4. The van der Waals surface area contributed by atoms with Crippen molar-refractivity contribution in [2.75, 3.05) is 33.0 Å². The highest BCUT2D eigenvalue weighted by atomic mass is 16.8. The third-order valence-corrected chi connectivity index (χ3v) is 13.8. The molecule has 0 aromatic heterocycles. The van der Waals surface area contributed by atoms with Crippen LogP contribution in [0.5, 0.6) is 0 Å². The average Bonchev–Trinajstić information content (AvgIpc) is 3.39. The van der Waals surface area contributed by atoms with E-state index in [1.807, 2.05) is 0 Å². The number of carbonyl (C=O) groups is 3. The zero-order valence-electron chi connectivity index (χ0n) is 41.8. The maximum Gasteiger partial charge on any atom is 0.364 e. The molecule has 21 N–H and O–H groups in total. The summed E-state index contributed by atoms with van der Waals surface area (Å²) in [6, 6.07) is -3.51. The topological polar surface area (TPSA) is 552 Å². The number of aliphatic hydroxyl groups is 18. The molecule has 5 rings (SSSR count). The van der Waals surface area contributed by atoms with Gasteiger partial charge in [-0.1, -0.05) is 0 Å². The fraction of sp³-hybridized carbons (Fsp3) is 0.930. The number of nitrogens with one attached hydrogen (secondary N) is 2. The van der Waals surface area contributed by atoms with Crippen molar-refractivity contribution >= 4 is 17.8 Å². The van der Waals surface area contributed by atoms with E-state index >= 15 is 0 Å². The number of ether oxygens (including phenoxy) is 10. The van der Waals surface area contributed by atoms with Crippen LogP contribution in [0.1, 0.15) is 34.1 Å². The predicted octanol–water partition coefficient (Wildman–Crippen LogP) is -12.9. The lowest BCUT2D eigenvalue weighted by Crippen LogP contribution is -2.69. The summed E-state index contributed by atoms with van der Waals surface area (Å²) in [5, 5.41) is 209. The van der Waals surface area contributed by atoms with Crippen molar-refractivity contribution < 1.29 is 159 Å². The number of aliphatic hydroxyl groups excluding tert-OH is 18. The zero-order chi connectivity index (χ0) is 57.7. The van der Waals surface area contributed by atoms with Crippen LogP contribution in [-0.2, 0) is 61.8 Å². The minimum Gasteiger partial charge on any atom is -0.477 e. The molecule has 2 amide bonds. The molecule has 5 aliphatic rings. The lowest BCUT2D eigenvalue weighted by molar-refractivity contribution is -0.407. The first kappa shape index (κ1) is 65.1. The molecular formula is C43H74N2O32. The first-order valence-corrected chi connectivity index (χ1v) is 24.4. The molecule has 0 unspecified atom stereocenters. The normalized spacial score (nSPS) is 44.3. The summed E-state index contributed by atoms with van der Waals surface area (Å²) < 4.78 is 57.9. The van der Waals surface area contributed by atoms with Gasteiger partial charge in [0.2, 0.25) is 11.8 Å². The van der Waals surface area contributed by atoms with Gasteiger partial charge in [0, 0.05) is 20.3 Å². The minimum absolute atomic E-state index is 0.821. The maximum atomic E-state index is 12.9. The van der Waals surface area contributed by atoms with Gasteiger partial charge >= 0.3 is 5.97 Å². The summed E-state index contributed by atoms with van der Waals surface area (Å²) in [6.45, 7) is -1.46. The van der Waals surface area contributed by atoms with Crippen molar-refractivity contribution in [1.29, 1.82) is 0 Å². The molecule has 0 aliphatic carbocycles. The standard InChI is InChI=1S/C43H74N2O32/c1-11-22(55)28(61)31(64)38(69-11)75-36-30(63)26(59)19(8-48)71-40(36)74-35-27(60)20(9-49)72-41(37(35)76-39-32(65)29(62)23(56)12(2)70-39)73-33(15(6-46)44-13(3)50)25(58)18(54)10-68-43(42(66)67)5-16(52)21(45-14(4)51)34(77-43)24(57)17(53)7-47/h11-12,15-41,46-49,52-65H,5-10H2,1-4H3,(H,44,50)(H,45,51)(H,66,67)/t11-,12-,15+,16+,17-,18-,19-,20-,21-,22+,23+,24-,25+,26+,27+,28+,29+,30+,31-,32-,33-,34-,35+,36-,37-,38-,39-,40+,41+,43-/m1/s1. The Morgan fingerprint density at radius 3 is 1.61 bits per heavy atom. The zero-order valence-corrected chi connectivity index (χ0v) is 41.8. The van der Waals surface area contributed by atoms with Gasteiger partial charge in [-0.25, -0.2) is 4.79 Å². The van der Waals surface area contributed by atoms with E-state index in [1.54, 1.807) is 0 Å². The van der Waals surface area contributed by atoms with Gasteiger partial charge in [0.15, 0.2) is 25.2 Å². The van der Waals surface area contributed by atoms with Crippen LogP contribution < -0.4 is 10.6 Å². The van der Waals surface area contributed by atoms with E-state index in [9.17, 15) is 111 Å². The molecule has 0 saturated carbocycles. The number of aliphatic carboxylic acids is 1. The number of hydrogen-bond acceptors (Lipinski definition) is 31. The average molecular weight is 1130 g/mol. The van der Waals surface area contributed by atoms with Gasteiger partial charge < -0.3 is 155 Å². The van der Waals surface area contributed by atoms with Gasteiger partial charge in [0.25, 0.3) is 5.79 Å². The lowest BCUT2D eigenvalue weighted by atomic mass is 9.88. The number of amides is 2. The Labute approximate surface area is 437 Å². The highest BCUT2D eigenvalue weighted by Gasteiger charge is 2.59. The van der Waals surface area contributed by atoms with Crippen molar-refractivity contribution in [2.24, 2.45) is 0 Å². The maximum absolute atomic E-state index is 12.9. The van der Waals surface area contributed by atoms with Crippen LogP contribution in [0.2, 0.25) is 0 Å². The summed E-state index contributed by atoms with van der Waals surface area (Å²) >= 11 is 0. The number of carboxylic acids is 1. The molecule has 30 atom stereocenters. The molecule has 0 aromatic carbocycles. The number of rotatable bonds is 23. The van der Waals surface area contributed by atoms with Crippen LogP contribution in [0.15, 0.2) is 0 Å². The molecule has 448 valence electrons. The van der Waals surface area contributed by atoms with Crippen molar-refractivity contribution in [3.63, 3.8) is 0 Å². The molecule has 34 nitrogen and oxygen atoms in total. The van der Waals surface area contributed by atoms with Crippen molar-refractivity contribution in [3.05, 3.63) is 0 Å². The molecule has 5 aliphatic heterocycles. The first-order chi connectivity index (χ1) is 36.1. The summed E-state index contributed by atoms with van der Waals surface area (Å²) in [5.74, 6) is -6.89.